The molecule has 0 spiro atoms. The van der Waals surface area contributed by atoms with E-state index < -0.39 is 0 Å². The molecule has 0 saturated carbocycles. The molecule has 2 aromatic carbocycles. The van der Waals surface area contributed by atoms with E-state index >= 15 is 0 Å². The molecule has 0 saturated heterocycles. The van der Waals surface area contributed by atoms with E-state index in [1.54, 1.807) is 0 Å². The Morgan fingerprint density at radius 1 is 0.800 bits per heavy atom. The maximum Gasteiger partial charge on any atom is 0.00703 e. The molecule has 0 fully saturated rings. The molecule has 0 aliphatic heterocycles. The summed E-state index contributed by atoms with van der Waals surface area (Å²) in [5, 5.41) is 3.45. The second kappa shape index (κ2) is 7.86. The van der Waals surface area contributed by atoms with E-state index in [1.165, 1.54) is 29.5 Å². The Hall–Kier alpha value is -1.60. The molecule has 0 heterocycles. The molecule has 20 heavy (non-hydrogen) atoms. The molecular weight excluding hydrogens is 242 g/mol. The zero-order valence-corrected chi connectivity index (χ0v) is 12.6. The first kappa shape index (κ1) is 14.8. The van der Waals surface area contributed by atoms with Crippen LogP contribution in [0.4, 0.5) is 0 Å². The molecule has 1 nitrogen and oxygen atoms in total. The lowest BCUT2D eigenvalue weighted by Crippen LogP contribution is -2.26. The van der Waals surface area contributed by atoms with Crippen LogP contribution in [0.5, 0.6) is 0 Å². The third kappa shape index (κ3) is 4.82. The first-order valence-electron chi connectivity index (χ1n) is 7.54. The van der Waals surface area contributed by atoms with Gasteiger partial charge >= 0.3 is 0 Å². The standard InChI is InChI=1S/C19H25N/c1-16-8-10-18(11-9-16)13-15-19(20-2)14-12-17-6-4-3-5-7-17/h3-11,19-20H,12-15H2,1-2H3. The van der Waals surface area contributed by atoms with Crippen LogP contribution in [0, 0.1) is 6.92 Å². The molecular formula is C19H25N. The Labute approximate surface area is 123 Å². The van der Waals surface area contributed by atoms with Crippen LogP contribution in [0.2, 0.25) is 0 Å². The van der Waals surface area contributed by atoms with Gasteiger partial charge in [0.05, 0.1) is 0 Å². The Balaban J connectivity index is 1.79. The zero-order valence-electron chi connectivity index (χ0n) is 12.6. The monoisotopic (exact) mass is 267 g/mol. The average Bonchev–Trinajstić information content (AvgIpc) is 2.50. The van der Waals surface area contributed by atoms with Gasteiger partial charge in [0.15, 0.2) is 0 Å². The first-order chi connectivity index (χ1) is 9.78. The van der Waals surface area contributed by atoms with Gasteiger partial charge in [-0.15, -0.1) is 0 Å². The van der Waals surface area contributed by atoms with Crippen molar-refractivity contribution in [2.45, 2.75) is 38.6 Å². The number of aryl methyl sites for hydroxylation is 3. The van der Waals surface area contributed by atoms with Gasteiger partial charge in [0.2, 0.25) is 0 Å². The van der Waals surface area contributed by atoms with Crippen LogP contribution >= 0.6 is 0 Å². The third-order valence-corrected chi connectivity index (χ3v) is 3.93. The van der Waals surface area contributed by atoms with Gasteiger partial charge in [-0.3, -0.25) is 0 Å². The fraction of sp³-hybridized carbons (Fsp3) is 0.368. The van der Waals surface area contributed by atoms with E-state index in [0.717, 1.165) is 12.8 Å². The van der Waals surface area contributed by atoms with Crippen LogP contribution in [0.1, 0.15) is 29.5 Å². The van der Waals surface area contributed by atoms with Crippen molar-refractivity contribution in [3.8, 4) is 0 Å². The summed E-state index contributed by atoms with van der Waals surface area (Å²) in [7, 11) is 2.07. The molecule has 0 amide bonds. The predicted molar refractivity (Wildman–Crippen MR) is 87.1 cm³/mol. The fourth-order valence-electron chi connectivity index (χ4n) is 2.51. The Morgan fingerprint density at radius 3 is 1.90 bits per heavy atom. The van der Waals surface area contributed by atoms with Gasteiger partial charge in [0.25, 0.3) is 0 Å². The number of hydrogen-bond donors (Lipinski definition) is 1. The van der Waals surface area contributed by atoms with E-state index in [-0.39, 0.29) is 0 Å². The summed E-state index contributed by atoms with van der Waals surface area (Å²) < 4.78 is 0. The Kier molecular flexibility index (Phi) is 5.82. The minimum absolute atomic E-state index is 0.594. The van der Waals surface area contributed by atoms with E-state index in [0.29, 0.717) is 6.04 Å². The van der Waals surface area contributed by atoms with Crippen molar-refractivity contribution in [3.05, 3.63) is 71.3 Å². The van der Waals surface area contributed by atoms with Gasteiger partial charge in [0.1, 0.15) is 0 Å². The number of rotatable bonds is 7. The maximum atomic E-state index is 3.45. The SMILES string of the molecule is CNC(CCc1ccccc1)CCc1ccc(C)cc1. The molecule has 2 aromatic rings. The topological polar surface area (TPSA) is 12.0 Å². The van der Waals surface area contributed by atoms with Gasteiger partial charge in [-0.25, -0.2) is 0 Å². The number of benzene rings is 2. The summed E-state index contributed by atoms with van der Waals surface area (Å²) in [6.45, 7) is 2.14. The summed E-state index contributed by atoms with van der Waals surface area (Å²) in [5.74, 6) is 0. The molecule has 1 unspecified atom stereocenters. The summed E-state index contributed by atoms with van der Waals surface area (Å²) in [6, 6.07) is 20.2. The van der Waals surface area contributed by atoms with Crippen LogP contribution in [0.3, 0.4) is 0 Å². The summed E-state index contributed by atoms with van der Waals surface area (Å²) >= 11 is 0. The predicted octanol–water partition coefficient (Wildman–Crippen LogP) is 4.15. The van der Waals surface area contributed by atoms with Gasteiger partial charge in [-0.05, 0) is 50.8 Å². The normalized spacial score (nSPS) is 12.3. The van der Waals surface area contributed by atoms with Crippen molar-refractivity contribution in [1.29, 1.82) is 0 Å². The van der Waals surface area contributed by atoms with Crippen LogP contribution < -0.4 is 5.32 Å². The lowest BCUT2D eigenvalue weighted by molar-refractivity contribution is 0.489. The molecule has 0 aliphatic carbocycles. The summed E-state index contributed by atoms with van der Waals surface area (Å²) in [6.07, 6.45) is 4.71. The van der Waals surface area contributed by atoms with Crippen molar-refractivity contribution in [2.75, 3.05) is 7.05 Å². The second-order valence-corrected chi connectivity index (χ2v) is 5.53. The van der Waals surface area contributed by atoms with Gasteiger partial charge in [-0.2, -0.15) is 0 Å². The average molecular weight is 267 g/mol. The largest absolute Gasteiger partial charge is 0.317 e. The van der Waals surface area contributed by atoms with Crippen LogP contribution in [0.25, 0.3) is 0 Å². The van der Waals surface area contributed by atoms with E-state index in [2.05, 4.69) is 73.9 Å². The molecule has 2 rings (SSSR count). The van der Waals surface area contributed by atoms with E-state index in [4.69, 9.17) is 0 Å². The number of nitrogens with one attached hydrogen (secondary N) is 1. The molecule has 1 atom stereocenters. The van der Waals surface area contributed by atoms with Crippen LogP contribution in [0.15, 0.2) is 54.6 Å². The molecule has 106 valence electrons. The maximum absolute atomic E-state index is 3.45. The quantitative estimate of drug-likeness (QED) is 0.794. The van der Waals surface area contributed by atoms with Gasteiger partial charge in [-0.1, -0.05) is 60.2 Å². The van der Waals surface area contributed by atoms with Crippen molar-refractivity contribution >= 4 is 0 Å². The summed E-state index contributed by atoms with van der Waals surface area (Å²) in [5.41, 5.74) is 4.21. The Bertz CT molecular complexity index is 487. The number of hydrogen-bond acceptors (Lipinski definition) is 1. The first-order valence-corrected chi connectivity index (χ1v) is 7.54. The summed E-state index contributed by atoms with van der Waals surface area (Å²) in [4.78, 5) is 0. The lowest BCUT2D eigenvalue weighted by atomic mass is 9.99. The molecule has 0 aliphatic rings. The van der Waals surface area contributed by atoms with Crippen molar-refractivity contribution < 1.29 is 0 Å². The van der Waals surface area contributed by atoms with Crippen molar-refractivity contribution in [2.24, 2.45) is 0 Å². The highest BCUT2D eigenvalue weighted by Crippen LogP contribution is 2.11. The molecule has 0 bridgehead atoms. The highest BCUT2D eigenvalue weighted by molar-refractivity contribution is 5.21. The van der Waals surface area contributed by atoms with Gasteiger partial charge < -0.3 is 5.32 Å². The van der Waals surface area contributed by atoms with Crippen LogP contribution in [-0.2, 0) is 12.8 Å². The fourth-order valence-corrected chi connectivity index (χ4v) is 2.51. The second-order valence-electron chi connectivity index (χ2n) is 5.53. The smallest absolute Gasteiger partial charge is 0.00703 e. The zero-order chi connectivity index (χ0) is 14.2. The van der Waals surface area contributed by atoms with Gasteiger partial charge in [0, 0.05) is 6.04 Å². The lowest BCUT2D eigenvalue weighted by Gasteiger charge is -2.16. The van der Waals surface area contributed by atoms with E-state index in [9.17, 15) is 0 Å². The van der Waals surface area contributed by atoms with Crippen LogP contribution in [-0.4, -0.2) is 13.1 Å². The minimum atomic E-state index is 0.594. The third-order valence-electron chi connectivity index (χ3n) is 3.93. The highest BCUT2D eigenvalue weighted by atomic mass is 14.9. The van der Waals surface area contributed by atoms with Crippen molar-refractivity contribution in [1.82, 2.24) is 5.32 Å². The molecule has 1 N–H and O–H groups in total. The molecule has 0 aromatic heterocycles. The molecule has 1 heteroatoms. The van der Waals surface area contributed by atoms with E-state index in [1.807, 2.05) is 0 Å². The minimum Gasteiger partial charge on any atom is -0.317 e. The van der Waals surface area contributed by atoms with Crippen molar-refractivity contribution in [3.63, 3.8) is 0 Å². The Morgan fingerprint density at radius 2 is 1.35 bits per heavy atom. The molecule has 0 radical (unpaired) electrons. The highest BCUT2D eigenvalue weighted by Gasteiger charge is 2.06.